The van der Waals surface area contributed by atoms with Crippen LogP contribution in [0.5, 0.6) is 0 Å². The fraction of sp³-hybridized carbons (Fsp3) is 1.00. The van der Waals surface area contributed by atoms with Gasteiger partial charge in [-0.3, -0.25) is 0 Å². The van der Waals surface area contributed by atoms with Crippen LogP contribution in [0.2, 0.25) is 0 Å². The van der Waals surface area contributed by atoms with Gasteiger partial charge in [-0.15, -0.1) is 0 Å². The zero-order valence-electron chi connectivity index (χ0n) is 22.6. The molecule has 0 aromatic carbocycles. The third-order valence-electron chi connectivity index (χ3n) is 7.02. The molecule has 0 bridgehead atoms. The summed E-state index contributed by atoms with van der Waals surface area (Å²) >= 11 is 0. The van der Waals surface area contributed by atoms with Gasteiger partial charge in [0.1, 0.15) is 0 Å². The molecule has 3 heteroatoms. The van der Waals surface area contributed by atoms with E-state index in [-0.39, 0.29) is 6.29 Å². The van der Waals surface area contributed by atoms with Gasteiger partial charge < -0.3 is 14.2 Å². The van der Waals surface area contributed by atoms with Crippen LogP contribution in [0.4, 0.5) is 0 Å². The highest BCUT2D eigenvalue weighted by molar-refractivity contribution is 4.54. The van der Waals surface area contributed by atoms with Crippen molar-refractivity contribution in [2.24, 2.45) is 0 Å². The topological polar surface area (TPSA) is 27.7 Å². The van der Waals surface area contributed by atoms with Gasteiger partial charge in [0.25, 0.3) is 0 Å². The average Bonchev–Trinajstić information content (AvgIpc) is 2.84. The number of unbranched alkanes of at least 4 members (excludes halogenated alkanes) is 19. The largest absolute Gasteiger partial charge is 0.381 e. The number of hydrogen-bond donors (Lipinski definition) is 0. The maximum Gasteiger partial charge on any atom is 0.157 e. The Morgan fingerprint density at radius 2 is 0.970 bits per heavy atom. The number of rotatable bonds is 26. The van der Waals surface area contributed by atoms with Gasteiger partial charge in [-0.25, -0.2) is 0 Å². The van der Waals surface area contributed by atoms with E-state index in [1.54, 1.807) is 0 Å². The molecule has 0 saturated carbocycles. The Kier molecular flexibility index (Phi) is 24.8. The summed E-state index contributed by atoms with van der Waals surface area (Å²) in [6.07, 6.45) is 33.1. The molecule has 1 heterocycles. The molecule has 33 heavy (non-hydrogen) atoms. The van der Waals surface area contributed by atoms with Gasteiger partial charge in [0.05, 0.1) is 6.61 Å². The van der Waals surface area contributed by atoms with E-state index in [0.29, 0.717) is 0 Å². The standard InChI is InChI=1S/C30H60O3/c1-2-3-4-5-6-7-8-9-10-11-12-13-14-15-16-17-18-19-20-22-26-31-27-24-29-33-30-25-21-23-28-32-30/h30H,2-29H2,1H3. The quantitative estimate of drug-likeness (QED) is 0.118. The molecule has 198 valence electrons. The summed E-state index contributed by atoms with van der Waals surface area (Å²) < 4.78 is 17.0. The summed E-state index contributed by atoms with van der Waals surface area (Å²) in [7, 11) is 0. The Hall–Kier alpha value is -0.120. The summed E-state index contributed by atoms with van der Waals surface area (Å²) in [6, 6.07) is 0. The van der Waals surface area contributed by atoms with Gasteiger partial charge in [0, 0.05) is 19.8 Å². The Balaban J connectivity index is 1.62. The van der Waals surface area contributed by atoms with E-state index in [1.807, 2.05) is 0 Å². The molecule has 0 aromatic rings. The molecule has 0 amide bonds. The molecule has 0 spiro atoms. The van der Waals surface area contributed by atoms with Crippen molar-refractivity contribution in [3.8, 4) is 0 Å². The van der Waals surface area contributed by atoms with E-state index in [4.69, 9.17) is 14.2 Å². The Morgan fingerprint density at radius 1 is 0.515 bits per heavy atom. The van der Waals surface area contributed by atoms with E-state index >= 15 is 0 Å². The minimum atomic E-state index is 0.0447. The monoisotopic (exact) mass is 468 g/mol. The van der Waals surface area contributed by atoms with Crippen molar-refractivity contribution < 1.29 is 14.2 Å². The molecule has 0 N–H and O–H groups in total. The smallest absolute Gasteiger partial charge is 0.157 e. The van der Waals surface area contributed by atoms with E-state index in [9.17, 15) is 0 Å². The molecule has 1 unspecified atom stereocenters. The molecular weight excluding hydrogens is 408 g/mol. The molecule has 1 atom stereocenters. The zero-order chi connectivity index (χ0) is 23.5. The molecular formula is C30H60O3. The Bertz CT molecular complexity index is 354. The highest BCUT2D eigenvalue weighted by atomic mass is 16.7. The van der Waals surface area contributed by atoms with Crippen LogP contribution in [-0.4, -0.2) is 32.7 Å². The summed E-state index contributed by atoms with van der Waals surface area (Å²) in [4.78, 5) is 0. The van der Waals surface area contributed by atoms with Gasteiger partial charge in [0.2, 0.25) is 0 Å². The van der Waals surface area contributed by atoms with Crippen LogP contribution in [0.25, 0.3) is 0 Å². The molecule has 3 nitrogen and oxygen atoms in total. The first-order valence-corrected chi connectivity index (χ1v) is 15.2. The van der Waals surface area contributed by atoms with Gasteiger partial charge >= 0.3 is 0 Å². The molecule has 0 radical (unpaired) electrons. The van der Waals surface area contributed by atoms with Crippen molar-refractivity contribution in [1.82, 2.24) is 0 Å². The predicted octanol–water partition coefficient (Wildman–Crippen LogP) is 9.76. The maximum atomic E-state index is 5.74. The molecule has 1 fully saturated rings. The first-order valence-electron chi connectivity index (χ1n) is 15.2. The lowest BCUT2D eigenvalue weighted by Crippen LogP contribution is -2.23. The second-order valence-corrected chi connectivity index (χ2v) is 10.4. The second kappa shape index (κ2) is 26.5. The minimum absolute atomic E-state index is 0.0447. The van der Waals surface area contributed by atoms with Crippen molar-refractivity contribution >= 4 is 0 Å². The molecule has 1 saturated heterocycles. The van der Waals surface area contributed by atoms with E-state index in [1.165, 1.54) is 141 Å². The Labute approximate surface area is 208 Å². The molecule has 1 aliphatic rings. The Morgan fingerprint density at radius 3 is 1.42 bits per heavy atom. The van der Waals surface area contributed by atoms with E-state index < -0.39 is 0 Å². The van der Waals surface area contributed by atoms with Crippen LogP contribution in [0.3, 0.4) is 0 Å². The summed E-state index contributed by atoms with van der Waals surface area (Å²) in [5.74, 6) is 0. The molecule has 0 aliphatic carbocycles. The van der Waals surface area contributed by atoms with Crippen LogP contribution >= 0.6 is 0 Å². The van der Waals surface area contributed by atoms with Crippen molar-refractivity contribution in [2.45, 2.75) is 167 Å². The van der Waals surface area contributed by atoms with Crippen LogP contribution < -0.4 is 0 Å². The first-order chi connectivity index (χ1) is 16.4. The van der Waals surface area contributed by atoms with Crippen LogP contribution in [0, 0.1) is 0 Å². The summed E-state index contributed by atoms with van der Waals surface area (Å²) in [5.41, 5.74) is 0. The second-order valence-electron chi connectivity index (χ2n) is 10.4. The highest BCUT2D eigenvalue weighted by Crippen LogP contribution is 2.15. The minimum Gasteiger partial charge on any atom is -0.381 e. The van der Waals surface area contributed by atoms with Crippen LogP contribution in [0.1, 0.15) is 161 Å². The van der Waals surface area contributed by atoms with Gasteiger partial charge in [-0.2, -0.15) is 0 Å². The lowest BCUT2D eigenvalue weighted by atomic mass is 10.0. The van der Waals surface area contributed by atoms with E-state index in [0.717, 1.165) is 39.3 Å². The van der Waals surface area contributed by atoms with Crippen LogP contribution in [0.15, 0.2) is 0 Å². The summed E-state index contributed by atoms with van der Waals surface area (Å²) in [6.45, 7) is 5.67. The van der Waals surface area contributed by atoms with Gasteiger partial charge in [-0.1, -0.05) is 129 Å². The lowest BCUT2D eigenvalue weighted by molar-refractivity contribution is -0.164. The fourth-order valence-corrected chi connectivity index (χ4v) is 4.78. The van der Waals surface area contributed by atoms with Crippen molar-refractivity contribution in [2.75, 3.05) is 26.4 Å². The molecule has 0 aromatic heterocycles. The summed E-state index contributed by atoms with van der Waals surface area (Å²) in [5, 5.41) is 0. The van der Waals surface area contributed by atoms with Gasteiger partial charge in [-0.05, 0) is 32.1 Å². The maximum absolute atomic E-state index is 5.74. The van der Waals surface area contributed by atoms with Crippen molar-refractivity contribution in [3.05, 3.63) is 0 Å². The third kappa shape index (κ3) is 23.4. The third-order valence-corrected chi connectivity index (χ3v) is 7.02. The normalized spacial score (nSPS) is 16.5. The molecule has 1 aliphatic heterocycles. The number of ether oxygens (including phenoxy) is 3. The fourth-order valence-electron chi connectivity index (χ4n) is 4.78. The van der Waals surface area contributed by atoms with Crippen molar-refractivity contribution in [1.29, 1.82) is 0 Å². The zero-order valence-corrected chi connectivity index (χ0v) is 22.6. The van der Waals surface area contributed by atoms with Crippen molar-refractivity contribution in [3.63, 3.8) is 0 Å². The average molecular weight is 469 g/mol. The SMILES string of the molecule is CCCCCCCCCCCCCCCCCCCCCCOCCCOC1CCCCO1. The van der Waals surface area contributed by atoms with Crippen LogP contribution in [-0.2, 0) is 14.2 Å². The number of hydrogen-bond acceptors (Lipinski definition) is 3. The lowest BCUT2D eigenvalue weighted by Gasteiger charge is -2.22. The van der Waals surface area contributed by atoms with E-state index in [2.05, 4.69) is 6.92 Å². The van der Waals surface area contributed by atoms with Gasteiger partial charge in [0.15, 0.2) is 6.29 Å². The molecule has 1 rings (SSSR count). The first kappa shape index (κ1) is 30.9. The highest BCUT2D eigenvalue weighted by Gasteiger charge is 2.13. The predicted molar refractivity (Wildman–Crippen MR) is 143 cm³/mol.